The van der Waals surface area contributed by atoms with Crippen LogP contribution in [0, 0.1) is 15.9 Å². The van der Waals surface area contributed by atoms with E-state index in [0.29, 0.717) is 15.6 Å². The van der Waals surface area contributed by atoms with Crippen LogP contribution in [0.25, 0.3) is 0 Å². The van der Waals surface area contributed by atoms with Crippen LogP contribution in [-0.2, 0) is 13.2 Å². The van der Waals surface area contributed by atoms with E-state index in [9.17, 15) is 14.5 Å². The summed E-state index contributed by atoms with van der Waals surface area (Å²) in [5.74, 6) is -0.395. The van der Waals surface area contributed by atoms with E-state index in [-0.39, 0.29) is 24.7 Å². The van der Waals surface area contributed by atoms with Crippen LogP contribution in [-0.4, -0.2) is 10.0 Å². The fourth-order valence-electron chi connectivity index (χ4n) is 1.78. The summed E-state index contributed by atoms with van der Waals surface area (Å²) in [6.45, 7) is -0.272. The number of hydrogen-bond acceptors (Lipinski definition) is 4. The fourth-order valence-corrected chi connectivity index (χ4v) is 2.29. The van der Waals surface area contributed by atoms with Gasteiger partial charge in [-0.1, -0.05) is 15.9 Å². The molecule has 0 radical (unpaired) electrons. The third-order valence-electron chi connectivity index (χ3n) is 2.72. The number of aliphatic hydroxyl groups excluding tert-OH is 1. The van der Waals surface area contributed by atoms with Crippen molar-refractivity contribution in [3.05, 3.63) is 67.9 Å². The lowest BCUT2D eigenvalue weighted by Gasteiger charge is -2.08. The highest BCUT2D eigenvalue weighted by molar-refractivity contribution is 9.10. The second-order valence-corrected chi connectivity index (χ2v) is 5.20. The van der Waals surface area contributed by atoms with Gasteiger partial charge in [0.05, 0.1) is 11.5 Å². The van der Waals surface area contributed by atoms with Gasteiger partial charge in [-0.2, -0.15) is 0 Å². The molecule has 21 heavy (non-hydrogen) atoms. The van der Waals surface area contributed by atoms with E-state index in [1.54, 1.807) is 6.07 Å². The van der Waals surface area contributed by atoms with Crippen molar-refractivity contribution in [2.45, 2.75) is 13.2 Å². The summed E-state index contributed by atoms with van der Waals surface area (Å²) < 4.78 is 19.2. The normalized spacial score (nSPS) is 10.4. The molecule has 0 aliphatic rings. The van der Waals surface area contributed by atoms with Crippen LogP contribution >= 0.6 is 15.9 Å². The van der Waals surface area contributed by atoms with Gasteiger partial charge in [0.25, 0.3) is 0 Å². The molecule has 0 aliphatic carbocycles. The lowest BCUT2D eigenvalue weighted by molar-refractivity contribution is -0.386. The van der Waals surface area contributed by atoms with Crippen LogP contribution in [0.4, 0.5) is 10.1 Å². The van der Waals surface area contributed by atoms with Gasteiger partial charge in [0.1, 0.15) is 12.4 Å². The quantitative estimate of drug-likeness (QED) is 0.657. The molecule has 5 nitrogen and oxygen atoms in total. The first-order chi connectivity index (χ1) is 9.99. The number of nitro benzene ring substituents is 1. The highest BCUT2D eigenvalue weighted by Gasteiger charge is 2.15. The maximum absolute atomic E-state index is 13.3. The number of aliphatic hydroxyl groups is 1. The van der Waals surface area contributed by atoms with Gasteiger partial charge in [-0.3, -0.25) is 10.1 Å². The molecule has 0 bridgehead atoms. The molecular weight excluding hydrogens is 345 g/mol. The number of hydrogen-bond donors (Lipinski definition) is 1. The van der Waals surface area contributed by atoms with Gasteiger partial charge in [-0.25, -0.2) is 4.39 Å². The first-order valence-corrected chi connectivity index (χ1v) is 6.75. The van der Waals surface area contributed by atoms with Crippen molar-refractivity contribution in [3.63, 3.8) is 0 Å². The zero-order chi connectivity index (χ0) is 15.4. The third-order valence-corrected chi connectivity index (χ3v) is 3.18. The van der Waals surface area contributed by atoms with E-state index < -0.39 is 10.7 Å². The largest absolute Gasteiger partial charge is 0.482 e. The molecular formula is C14H11BrFNO4. The first kappa shape index (κ1) is 15.4. The minimum atomic E-state index is -0.571. The minimum Gasteiger partial charge on any atom is -0.482 e. The molecule has 2 rings (SSSR count). The molecule has 1 N–H and O–H groups in total. The lowest BCUT2D eigenvalue weighted by atomic mass is 10.2. The summed E-state index contributed by atoms with van der Waals surface area (Å²) in [4.78, 5) is 10.4. The summed E-state index contributed by atoms with van der Waals surface area (Å²) in [5.41, 5.74) is 0.823. The molecule has 0 fully saturated rings. The van der Waals surface area contributed by atoms with Crippen LogP contribution in [0.3, 0.4) is 0 Å². The summed E-state index contributed by atoms with van der Waals surface area (Å²) >= 11 is 3.16. The SMILES string of the molecule is O=[N+]([O-])c1ccc(CO)cc1OCc1cc(F)cc(Br)c1. The standard InChI is InChI=1S/C14H11BrFNO4/c15-11-3-10(4-12(16)6-11)8-21-14-5-9(7-18)1-2-13(14)17(19)20/h1-6,18H,7-8H2. The van der Waals surface area contributed by atoms with E-state index in [1.165, 1.54) is 30.3 Å². The maximum atomic E-state index is 13.3. The van der Waals surface area contributed by atoms with E-state index in [1.807, 2.05) is 0 Å². The van der Waals surface area contributed by atoms with E-state index in [2.05, 4.69) is 15.9 Å². The topological polar surface area (TPSA) is 72.6 Å². The van der Waals surface area contributed by atoms with E-state index in [4.69, 9.17) is 9.84 Å². The molecule has 2 aromatic carbocycles. The van der Waals surface area contributed by atoms with Gasteiger partial charge in [0, 0.05) is 10.5 Å². The van der Waals surface area contributed by atoms with Crippen LogP contribution < -0.4 is 4.74 Å². The van der Waals surface area contributed by atoms with Crippen molar-refractivity contribution in [2.75, 3.05) is 0 Å². The second-order valence-electron chi connectivity index (χ2n) is 4.28. The number of ether oxygens (including phenoxy) is 1. The van der Waals surface area contributed by atoms with E-state index in [0.717, 1.165) is 0 Å². The Morgan fingerprint density at radius 3 is 2.62 bits per heavy atom. The zero-order valence-corrected chi connectivity index (χ0v) is 12.3. The molecule has 0 unspecified atom stereocenters. The Morgan fingerprint density at radius 1 is 1.24 bits per heavy atom. The van der Waals surface area contributed by atoms with Crippen LogP contribution in [0.15, 0.2) is 40.9 Å². The van der Waals surface area contributed by atoms with Gasteiger partial charge in [0.2, 0.25) is 0 Å². The Hall–Kier alpha value is -1.99. The number of benzene rings is 2. The van der Waals surface area contributed by atoms with Crippen molar-refractivity contribution in [1.82, 2.24) is 0 Å². The molecule has 0 spiro atoms. The predicted octanol–water partition coefficient (Wildman–Crippen LogP) is 3.57. The van der Waals surface area contributed by atoms with Crippen molar-refractivity contribution >= 4 is 21.6 Å². The summed E-state index contributed by atoms with van der Waals surface area (Å²) in [6, 6.07) is 8.36. The molecule has 2 aromatic rings. The van der Waals surface area contributed by atoms with Gasteiger partial charge in [-0.15, -0.1) is 0 Å². The molecule has 7 heteroatoms. The summed E-state index contributed by atoms with van der Waals surface area (Å²) in [5, 5.41) is 20.0. The molecule has 0 saturated heterocycles. The Bertz CT molecular complexity index is 658. The monoisotopic (exact) mass is 355 g/mol. The number of halogens is 2. The second kappa shape index (κ2) is 6.64. The van der Waals surface area contributed by atoms with Crippen LogP contribution in [0.2, 0.25) is 0 Å². The minimum absolute atomic E-state index is 0.0217. The van der Waals surface area contributed by atoms with Crippen molar-refractivity contribution in [2.24, 2.45) is 0 Å². The average Bonchev–Trinajstić information content (AvgIpc) is 2.43. The van der Waals surface area contributed by atoms with Gasteiger partial charge in [-0.05, 0) is 41.5 Å². The van der Waals surface area contributed by atoms with Gasteiger partial charge < -0.3 is 9.84 Å². The summed E-state index contributed by atoms with van der Waals surface area (Å²) in [7, 11) is 0. The number of nitro groups is 1. The predicted molar refractivity (Wildman–Crippen MR) is 77.5 cm³/mol. The molecule has 0 saturated carbocycles. The Labute approximate surface area is 128 Å². The lowest BCUT2D eigenvalue weighted by Crippen LogP contribution is -2.00. The van der Waals surface area contributed by atoms with Crippen LogP contribution in [0.1, 0.15) is 11.1 Å². The fraction of sp³-hybridized carbons (Fsp3) is 0.143. The third kappa shape index (κ3) is 3.99. The first-order valence-electron chi connectivity index (χ1n) is 5.95. The smallest absolute Gasteiger partial charge is 0.310 e. The van der Waals surface area contributed by atoms with Crippen molar-refractivity contribution < 1.29 is 19.2 Å². The Balaban J connectivity index is 2.23. The highest BCUT2D eigenvalue weighted by Crippen LogP contribution is 2.29. The van der Waals surface area contributed by atoms with Crippen LogP contribution in [0.5, 0.6) is 5.75 Å². The highest BCUT2D eigenvalue weighted by atomic mass is 79.9. The van der Waals surface area contributed by atoms with E-state index >= 15 is 0 Å². The number of rotatable bonds is 5. The van der Waals surface area contributed by atoms with Gasteiger partial charge >= 0.3 is 5.69 Å². The molecule has 0 amide bonds. The maximum Gasteiger partial charge on any atom is 0.310 e. The number of nitrogens with zero attached hydrogens (tertiary/aromatic N) is 1. The molecule has 110 valence electrons. The molecule has 0 heterocycles. The van der Waals surface area contributed by atoms with Gasteiger partial charge in [0.15, 0.2) is 5.75 Å². The Morgan fingerprint density at radius 2 is 2.00 bits per heavy atom. The average molecular weight is 356 g/mol. The molecule has 0 aromatic heterocycles. The van der Waals surface area contributed by atoms with Crippen molar-refractivity contribution in [1.29, 1.82) is 0 Å². The zero-order valence-electron chi connectivity index (χ0n) is 10.8. The summed E-state index contributed by atoms with van der Waals surface area (Å²) in [6.07, 6.45) is 0. The van der Waals surface area contributed by atoms with Crippen molar-refractivity contribution in [3.8, 4) is 5.75 Å². The Kier molecular flexibility index (Phi) is 4.87. The molecule has 0 atom stereocenters. The molecule has 0 aliphatic heterocycles.